The highest BCUT2D eigenvalue weighted by Crippen LogP contribution is 2.24. The zero-order valence-corrected chi connectivity index (χ0v) is 16.3. The third kappa shape index (κ3) is 4.27. The van der Waals surface area contributed by atoms with Crippen LogP contribution >= 0.6 is 12.2 Å². The standard InChI is InChI=1S/C18H20F4N4OS/c1-10-12(11(2)27-24-10)9-25-4-3-5-26(7-6-25)18(28)23-17-14(20)8-13(19)15(21)16(17)22/h8H,3-7,9H2,1-2H3,(H,23,28). The molecule has 0 atom stereocenters. The molecule has 3 rings (SSSR count). The highest BCUT2D eigenvalue weighted by atomic mass is 32.1. The average Bonchev–Trinajstić information content (AvgIpc) is 2.86. The molecule has 1 saturated heterocycles. The molecule has 0 bridgehead atoms. The van der Waals surface area contributed by atoms with Crippen molar-refractivity contribution in [1.29, 1.82) is 0 Å². The molecule has 0 radical (unpaired) electrons. The molecule has 5 nitrogen and oxygen atoms in total. The lowest BCUT2D eigenvalue weighted by molar-refractivity contribution is 0.275. The summed E-state index contributed by atoms with van der Waals surface area (Å²) in [7, 11) is 0. The summed E-state index contributed by atoms with van der Waals surface area (Å²) in [6.07, 6.45) is 0.772. The number of halogens is 4. The Kier molecular flexibility index (Phi) is 6.19. The first-order valence-corrected chi connectivity index (χ1v) is 9.21. The van der Waals surface area contributed by atoms with Gasteiger partial charge in [-0.15, -0.1) is 0 Å². The van der Waals surface area contributed by atoms with Gasteiger partial charge in [-0.2, -0.15) is 0 Å². The second-order valence-electron chi connectivity index (χ2n) is 6.69. The van der Waals surface area contributed by atoms with Crippen molar-refractivity contribution in [2.24, 2.45) is 0 Å². The minimum atomic E-state index is -1.74. The highest BCUT2D eigenvalue weighted by molar-refractivity contribution is 7.80. The highest BCUT2D eigenvalue weighted by Gasteiger charge is 2.23. The van der Waals surface area contributed by atoms with Crippen molar-refractivity contribution in [1.82, 2.24) is 15.0 Å². The van der Waals surface area contributed by atoms with Gasteiger partial charge in [-0.05, 0) is 32.5 Å². The van der Waals surface area contributed by atoms with Crippen LogP contribution in [0.2, 0.25) is 0 Å². The van der Waals surface area contributed by atoms with Gasteiger partial charge in [0.1, 0.15) is 11.4 Å². The molecule has 1 aliphatic rings. The van der Waals surface area contributed by atoms with Gasteiger partial charge in [-0.1, -0.05) is 5.16 Å². The van der Waals surface area contributed by atoms with Crippen LogP contribution in [0.15, 0.2) is 10.6 Å². The van der Waals surface area contributed by atoms with Crippen molar-refractivity contribution < 1.29 is 22.1 Å². The Bertz CT molecular complexity index is 869. The Balaban J connectivity index is 1.64. The summed E-state index contributed by atoms with van der Waals surface area (Å²) in [5.41, 5.74) is 1.10. The summed E-state index contributed by atoms with van der Waals surface area (Å²) in [4.78, 5) is 3.97. The summed E-state index contributed by atoms with van der Waals surface area (Å²) in [6, 6.07) is 0.289. The summed E-state index contributed by atoms with van der Waals surface area (Å²) in [5, 5.41) is 6.39. The van der Waals surface area contributed by atoms with Crippen LogP contribution in [-0.2, 0) is 6.54 Å². The number of aromatic nitrogens is 1. The Morgan fingerprint density at radius 1 is 1.11 bits per heavy atom. The Hall–Kier alpha value is -2.20. The van der Waals surface area contributed by atoms with Gasteiger partial charge in [0.2, 0.25) is 0 Å². The van der Waals surface area contributed by atoms with E-state index in [9.17, 15) is 17.6 Å². The molecular formula is C18H20F4N4OS. The number of nitrogens with one attached hydrogen (secondary N) is 1. The zero-order valence-electron chi connectivity index (χ0n) is 15.5. The van der Waals surface area contributed by atoms with Gasteiger partial charge in [0, 0.05) is 44.4 Å². The van der Waals surface area contributed by atoms with E-state index in [-0.39, 0.29) is 11.2 Å². The monoisotopic (exact) mass is 416 g/mol. The predicted molar refractivity (Wildman–Crippen MR) is 99.9 cm³/mol. The fourth-order valence-corrected chi connectivity index (χ4v) is 3.43. The molecule has 2 aromatic rings. The molecule has 1 fully saturated rings. The minimum absolute atomic E-state index is 0.0583. The maximum Gasteiger partial charge on any atom is 0.196 e. The number of nitrogens with zero attached hydrogens (tertiary/aromatic N) is 3. The molecule has 0 spiro atoms. The van der Waals surface area contributed by atoms with Crippen molar-refractivity contribution >= 4 is 23.0 Å². The van der Waals surface area contributed by atoms with Gasteiger partial charge in [0.25, 0.3) is 0 Å². The van der Waals surface area contributed by atoms with Crippen LogP contribution in [0.3, 0.4) is 0 Å². The Morgan fingerprint density at radius 3 is 2.54 bits per heavy atom. The van der Waals surface area contributed by atoms with Crippen LogP contribution in [0.25, 0.3) is 0 Å². The molecule has 0 aliphatic carbocycles. The lowest BCUT2D eigenvalue weighted by atomic mass is 10.2. The first-order valence-electron chi connectivity index (χ1n) is 8.81. The molecule has 10 heteroatoms. The smallest absolute Gasteiger partial charge is 0.196 e. The maximum absolute atomic E-state index is 13.9. The normalized spacial score (nSPS) is 15.6. The second kappa shape index (κ2) is 8.44. The van der Waals surface area contributed by atoms with Crippen LogP contribution in [0.5, 0.6) is 0 Å². The average molecular weight is 416 g/mol. The van der Waals surface area contributed by atoms with Crippen molar-refractivity contribution in [2.45, 2.75) is 26.8 Å². The zero-order chi connectivity index (χ0) is 20.4. The van der Waals surface area contributed by atoms with Crippen LogP contribution in [0.4, 0.5) is 23.2 Å². The number of benzene rings is 1. The summed E-state index contributed by atoms with van der Waals surface area (Å²) < 4.78 is 59.4. The first kappa shape index (κ1) is 20.5. The molecule has 0 saturated carbocycles. The van der Waals surface area contributed by atoms with Crippen LogP contribution < -0.4 is 5.32 Å². The van der Waals surface area contributed by atoms with E-state index >= 15 is 0 Å². The molecule has 1 aromatic heterocycles. The quantitative estimate of drug-likeness (QED) is 0.356. The number of aryl methyl sites for hydroxylation is 2. The van der Waals surface area contributed by atoms with Gasteiger partial charge in [0.05, 0.1) is 5.69 Å². The lowest BCUT2D eigenvalue weighted by Gasteiger charge is -2.25. The molecule has 1 N–H and O–H groups in total. The fraction of sp³-hybridized carbons (Fsp3) is 0.444. The van der Waals surface area contributed by atoms with Gasteiger partial charge in [0.15, 0.2) is 28.4 Å². The molecule has 28 heavy (non-hydrogen) atoms. The number of hydrogen-bond acceptors (Lipinski definition) is 4. The van der Waals surface area contributed by atoms with Crippen molar-refractivity contribution in [3.05, 3.63) is 46.4 Å². The molecular weight excluding hydrogens is 396 g/mol. The SMILES string of the molecule is Cc1noc(C)c1CN1CCCN(C(=S)Nc2c(F)cc(F)c(F)c2F)CC1. The number of thiocarbonyl (C=S) groups is 1. The topological polar surface area (TPSA) is 44.5 Å². The Labute approximate surface area is 165 Å². The van der Waals surface area contributed by atoms with E-state index in [1.807, 2.05) is 13.8 Å². The molecule has 0 unspecified atom stereocenters. The molecule has 2 heterocycles. The van der Waals surface area contributed by atoms with Gasteiger partial charge < -0.3 is 14.7 Å². The van der Waals surface area contributed by atoms with Gasteiger partial charge >= 0.3 is 0 Å². The maximum atomic E-state index is 13.9. The van der Waals surface area contributed by atoms with Crippen molar-refractivity contribution in [3.63, 3.8) is 0 Å². The van der Waals surface area contributed by atoms with Gasteiger partial charge in [-0.25, -0.2) is 17.6 Å². The number of rotatable bonds is 3. The lowest BCUT2D eigenvalue weighted by Crippen LogP contribution is -2.38. The van der Waals surface area contributed by atoms with Crippen molar-refractivity contribution in [2.75, 3.05) is 31.5 Å². The predicted octanol–water partition coefficient (Wildman–Crippen LogP) is 3.75. The van der Waals surface area contributed by atoms with E-state index in [0.717, 1.165) is 30.0 Å². The van der Waals surface area contributed by atoms with E-state index in [0.29, 0.717) is 26.2 Å². The largest absolute Gasteiger partial charge is 0.361 e. The molecule has 0 amide bonds. The molecule has 152 valence electrons. The Morgan fingerprint density at radius 2 is 1.86 bits per heavy atom. The van der Waals surface area contributed by atoms with E-state index in [4.69, 9.17) is 16.7 Å². The summed E-state index contributed by atoms with van der Waals surface area (Å²) in [6.45, 7) is 6.98. The molecule has 1 aromatic carbocycles. The minimum Gasteiger partial charge on any atom is -0.361 e. The number of hydrogen-bond donors (Lipinski definition) is 1. The van der Waals surface area contributed by atoms with E-state index in [1.165, 1.54) is 0 Å². The second-order valence-corrected chi connectivity index (χ2v) is 7.08. The first-order chi connectivity index (χ1) is 13.3. The third-order valence-corrected chi connectivity index (χ3v) is 5.15. The van der Waals surface area contributed by atoms with E-state index < -0.39 is 29.0 Å². The van der Waals surface area contributed by atoms with E-state index in [1.54, 1.807) is 4.90 Å². The fourth-order valence-electron chi connectivity index (χ4n) is 3.15. The van der Waals surface area contributed by atoms with E-state index in [2.05, 4.69) is 15.4 Å². The number of anilines is 1. The summed E-state index contributed by atoms with van der Waals surface area (Å²) >= 11 is 5.23. The van der Waals surface area contributed by atoms with Gasteiger partial charge in [-0.3, -0.25) is 4.90 Å². The van der Waals surface area contributed by atoms with Crippen LogP contribution in [0.1, 0.15) is 23.4 Å². The van der Waals surface area contributed by atoms with Crippen LogP contribution in [-0.4, -0.2) is 46.2 Å². The molecule has 1 aliphatic heterocycles. The third-order valence-electron chi connectivity index (χ3n) is 4.78. The van der Waals surface area contributed by atoms with Crippen LogP contribution in [0, 0.1) is 37.1 Å². The van der Waals surface area contributed by atoms with Crippen molar-refractivity contribution in [3.8, 4) is 0 Å². The summed E-state index contributed by atoms with van der Waals surface area (Å²) in [5.74, 6) is -5.42.